The molecule has 0 atom stereocenters. The van der Waals surface area contributed by atoms with Gasteiger partial charge in [0.2, 0.25) is 5.13 Å². The lowest BCUT2D eigenvalue weighted by Gasteiger charge is -2.08. The second-order valence-electron chi connectivity index (χ2n) is 6.08. The normalized spacial score (nSPS) is 10.4. The average molecular weight is 414 g/mol. The highest BCUT2D eigenvalue weighted by molar-refractivity contribution is 7.15. The Bertz CT molecular complexity index is 1070. The smallest absolute Gasteiger partial charge is 0.273 e. The molecule has 3 rings (SSSR count). The Balaban J connectivity index is 1.71. The summed E-state index contributed by atoms with van der Waals surface area (Å²) in [7, 11) is 3.13. The van der Waals surface area contributed by atoms with Crippen LogP contribution in [0.1, 0.15) is 26.5 Å². The maximum atomic E-state index is 12.4. The topological polar surface area (TPSA) is 116 Å². The number of nitrogens with one attached hydrogen (secondary N) is 1. The SMILES string of the molecule is COc1ccc(Cc2nnc(NC(=O)c3ccc(C)c([N+](=O)[O-])c3)s2)cc1OC. The van der Waals surface area contributed by atoms with Gasteiger partial charge in [0, 0.05) is 23.6 Å². The van der Waals surface area contributed by atoms with Crippen molar-refractivity contribution in [2.75, 3.05) is 19.5 Å². The fourth-order valence-electron chi connectivity index (χ4n) is 2.66. The standard InChI is InChI=1S/C19H18N4O5S/c1-11-4-6-13(10-14(11)23(25)26)18(24)20-19-22-21-17(29-19)9-12-5-7-15(27-2)16(8-12)28-3/h4-8,10H,9H2,1-3H3,(H,20,22,24). The summed E-state index contributed by atoms with van der Waals surface area (Å²) >= 11 is 1.23. The monoisotopic (exact) mass is 414 g/mol. The van der Waals surface area contributed by atoms with Crippen molar-refractivity contribution >= 4 is 28.1 Å². The quantitative estimate of drug-likeness (QED) is 0.463. The minimum Gasteiger partial charge on any atom is -0.493 e. The van der Waals surface area contributed by atoms with E-state index in [0.29, 0.717) is 33.6 Å². The Labute approximate surface area is 170 Å². The number of hydrogen-bond donors (Lipinski definition) is 1. The number of carbonyl (C=O) groups is 1. The number of hydrogen-bond acceptors (Lipinski definition) is 8. The van der Waals surface area contributed by atoms with E-state index in [1.54, 1.807) is 21.1 Å². The fraction of sp³-hybridized carbons (Fsp3) is 0.211. The molecule has 1 heterocycles. The molecule has 0 bridgehead atoms. The first-order valence-electron chi connectivity index (χ1n) is 8.51. The van der Waals surface area contributed by atoms with E-state index < -0.39 is 10.8 Å². The summed E-state index contributed by atoms with van der Waals surface area (Å²) in [5.41, 5.74) is 1.51. The minimum absolute atomic E-state index is 0.107. The van der Waals surface area contributed by atoms with Crippen molar-refractivity contribution < 1.29 is 19.2 Å². The van der Waals surface area contributed by atoms with Crippen molar-refractivity contribution in [3.63, 3.8) is 0 Å². The van der Waals surface area contributed by atoms with Crippen LogP contribution in [0.15, 0.2) is 36.4 Å². The number of rotatable bonds is 7. The Kier molecular flexibility index (Phi) is 6.03. The van der Waals surface area contributed by atoms with E-state index in [9.17, 15) is 14.9 Å². The van der Waals surface area contributed by atoms with Crippen molar-refractivity contribution in [2.45, 2.75) is 13.3 Å². The van der Waals surface area contributed by atoms with E-state index in [-0.39, 0.29) is 11.3 Å². The van der Waals surface area contributed by atoms with Gasteiger partial charge in [-0.05, 0) is 30.7 Å². The lowest BCUT2D eigenvalue weighted by molar-refractivity contribution is -0.385. The van der Waals surface area contributed by atoms with Gasteiger partial charge in [0.25, 0.3) is 11.6 Å². The summed E-state index contributed by atoms with van der Waals surface area (Å²) in [5, 5.41) is 22.8. The van der Waals surface area contributed by atoms with Gasteiger partial charge in [-0.15, -0.1) is 10.2 Å². The van der Waals surface area contributed by atoms with Crippen LogP contribution in [0.5, 0.6) is 11.5 Å². The maximum absolute atomic E-state index is 12.4. The van der Waals surface area contributed by atoms with E-state index in [2.05, 4.69) is 15.5 Å². The molecular formula is C19H18N4O5S. The van der Waals surface area contributed by atoms with Gasteiger partial charge in [0.05, 0.1) is 19.1 Å². The number of ether oxygens (including phenoxy) is 2. The van der Waals surface area contributed by atoms with E-state index in [4.69, 9.17) is 9.47 Å². The van der Waals surface area contributed by atoms with Gasteiger partial charge >= 0.3 is 0 Å². The molecule has 0 spiro atoms. The highest BCUT2D eigenvalue weighted by atomic mass is 32.1. The molecule has 9 nitrogen and oxygen atoms in total. The van der Waals surface area contributed by atoms with E-state index >= 15 is 0 Å². The number of nitro groups is 1. The minimum atomic E-state index is -0.516. The number of carbonyl (C=O) groups excluding carboxylic acids is 1. The Morgan fingerprint density at radius 2 is 1.90 bits per heavy atom. The lowest BCUT2D eigenvalue weighted by Crippen LogP contribution is -2.12. The van der Waals surface area contributed by atoms with Crippen LogP contribution < -0.4 is 14.8 Å². The summed E-state index contributed by atoms with van der Waals surface area (Å²) in [4.78, 5) is 22.9. The molecular weight excluding hydrogens is 396 g/mol. The van der Waals surface area contributed by atoms with Gasteiger partial charge in [-0.3, -0.25) is 20.2 Å². The summed E-state index contributed by atoms with van der Waals surface area (Å²) in [6, 6.07) is 9.87. The van der Waals surface area contributed by atoms with Crippen LogP contribution in [0.2, 0.25) is 0 Å². The van der Waals surface area contributed by atoms with Gasteiger partial charge < -0.3 is 9.47 Å². The number of nitrogens with zero attached hydrogens (tertiary/aromatic N) is 3. The number of anilines is 1. The van der Waals surface area contributed by atoms with Crippen LogP contribution in [0.3, 0.4) is 0 Å². The largest absolute Gasteiger partial charge is 0.493 e. The van der Waals surface area contributed by atoms with E-state index in [1.165, 1.54) is 29.5 Å². The maximum Gasteiger partial charge on any atom is 0.273 e. The molecule has 0 saturated heterocycles. The van der Waals surface area contributed by atoms with Crippen LogP contribution in [-0.2, 0) is 6.42 Å². The van der Waals surface area contributed by atoms with Gasteiger partial charge in [-0.1, -0.05) is 23.5 Å². The molecule has 0 unspecified atom stereocenters. The number of nitro benzene ring substituents is 1. The zero-order chi connectivity index (χ0) is 21.0. The summed E-state index contributed by atoms with van der Waals surface area (Å²) in [6.07, 6.45) is 0.504. The molecule has 0 saturated carbocycles. The molecule has 0 radical (unpaired) electrons. The zero-order valence-corrected chi connectivity index (χ0v) is 16.8. The van der Waals surface area contributed by atoms with E-state index in [0.717, 1.165) is 5.56 Å². The van der Waals surface area contributed by atoms with Crippen molar-refractivity contribution in [1.82, 2.24) is 10.2 Å². The van der Waals surface area contributed by atoms with Crippen LogP contribution in [0.25, 0.3) is 0 Å². The molecule has 1 N–H and O–H groups in total. The van der Waals surface area contributed by atoms with Crippen molar-refractivity contribution in [1.29, 1.82) is 0 Å². The summed E-state index contributed by atoms with van der Waals surface area (Å²) in [6.45, 7) is 1.62. The molecule has 10 heteroatoms. The predicted octanol–water partition coefficient (Wildman–Crippen LogP) is 3.62. The molecule has 29 heavy (non-hydrogen) atoms. The summed E-state index contributed by atoms with van der Waals surface area (Å²) < 4.78 is 10.5. The number of aromatic nitrogens is 2. The fourth-order valence-corrected chi connectivity index (χ4v) is 3.43. The molecule has 2 aromatic carbocycles. The predicted molar refractivity (Wildman–Crippen MR) is 108 cm³/mol. The number of methoxy groups -OCH3 is 2. The third-order valence-corrected chi connectivity index (χ3v) is 5.00. The number of amides is 1. The third-order valence-electron chi connectivity index (χ3n) is 4.16. The highest BCUT2D eigenvalue weighted by Crippen LogP contribution is 2.29. The first-order valence-corrected chi connectivity index (χ1v) is 9.32. The van der Waals surface area contributed by atoms with Gasteiger partial charge in [-0.2, -0.15) is 0 Å². The van der Waals surface area contributed by atoms with Crippen molar-refractivity contribution in [3.05, 3.63) is 68.2 Å². The molecule has 0 aliphatic carbocycles. The molecule has 0 aliphatic heterocycles. The molecule has 1 aromatic heterocycles. The van der Waals surface area contributed by atoms with Crippen molar-refractivity contribution in [2.24, 2.45) is 0 Å². The third kappa shape index (κ3) is 4.66. The van der Waals surface area contributed by atoms with Gasteiger partial charge in [-0.25, -0.2) is 0 Å². The molecule has 3 aromatic rings. The Morgan fingerprint density at radius 1 is 1.14 bits per heavy atom. The van der Waals surface area contributed by atoms with Crippen LogP contribution in [-0.4, -0.2) is 35.2 Å². The first-order chi connectivity index (χ1) is 13.9. The Morgan fingerprint density at radius 3 is 2.59 bits per heavy atom. The van der Waals surface area contributed by atoms with Crippen LogP contribution in [0, 0.1) is 17.0 Å². The average Bonchev–Trinajstić information content (AvgIpc) is 3.14. The highest BCUT2D eigenvalue weighted by Gasteiger charge is 2.16. The Hall–Kier alpha value is -3.53. The summed E-state index contributed by atoms with van der Waals surface area (Å²) in [5.74, 6) is 0.764. The zero-order valence-electron chi connectivity index (χ0n) is 16.0. The van der Waals surface area contributed by atoms with Crippen molar-refractivity contribution in [3.8, 4) is 11.5 Å². The van der Waals surface area contributed by atoms with E-state index in [1.807, 2.05) is 18.2 Å². The van der Waals surface area contributed by atoms with Crippen LogP contribution in [0.4, 0.5) is 10.8 Å². The molecule has 0 aliphatic rings. The van der Waals surface area contributed by atoms with Gasteiger partial charge in [0.1, 0.15) is 5.01 Å². The molecule has 0 fully saturated rings. The van der Waals surface area contributed by atoms with Crippen LogP contribution >= 0.6 is 11.3 Å². The second kappa shape index (κ2) is 8.65. The number of benzene rings is 2. The number of aryl methyl sites for hydroxylation is 1. The van der Waals surface area contributed by atoms with Gasteiger partial charge in [0.15, 0.2) is 11.5 Å². The molecule has 1 amide bonds. The molecule has 150 valence electrons. The lowest BCUT2D eigenvalue weighted by atomic mass is 10.1. The second-order valence-corrected chi connectivity index (χ2v) is 7.14. The first kappa shape index (κ1) is 20.2.